The summed E-state index contributed by atoms with van der Waals surface area (Å²) in [5.74, 6) is 2.84. The van der Waals surface area contributed by atoms with E-state index in [0.29, 0.717) is 19.0 Å². The first-order valence-corrected chi connectivity index (χ1v) is 12.5. The lowest BCUT2D eigenvalue weighted by molar-refractivity contribution is 0.310. The number of fused-ring (bicyclic) bond motifs is 1. The van der Waals surface area contributed by atoms with Gasteiger partial charge in [-0.1, -0.05) is 41.4 Å². The van der Waals surface area contributed by atoms with Gasteiger partial charge >= 0.3 is 0 Å². The van der Waals surface area contributed by atoms with Gasteiger partial charge in [-0.3, -0.25) is 0 Å². The average molecular weight is 515 g/mol. The molecule has 0 amide bonds. The predicted octanol–water partition coefficient (Wildman–Crippen LogP) is 8.45. The van der Waals surface area contributed by atoms with Crippen molar-refractivity contribution in [3.63, 3.8) is 0 Å². The van der Waals surface area contributed by atoms with Crippen LogP contribution < -0.4 is 14.2 Å². The van der Waals surface area contributed by atoms with E-state index in [9.17, 15) is 4.39 Å². The molecule has 4 aromatic rings. The fourth-order valence-electron chi connectivity index (χ4n) is 3.25. The highest BCUT2D eigenvalue weighted by Crippen LogP contribution is 2.47. The molecule has 0 aliphatic carbocycles. The maximum absolute atomic E-state index is 13.5. The summed E-state index contributed by atoms with van der Waals surface area (Å²) in [4.78, 5) is 0.949. The van der Waals surface area contributed by atoms with Crippen LogP contribution in [0, 0.1) is 5.82 Å². The lowest BCUT2D eigenvalue weighted by Gasteiger charge is -2.10. The predicted molar refractivity (Wildman–Crippen MR) is 133 cm³/mol. The Balaban J connectivity index is 1.69. The molecule has 166 valence electrons. The van der Waals surface area contributed by atoms with Gasteiger partial charge in [0.1, 0.15) is 23.1 Å². The number of thiophene rings is 1. The fourth-order valence-corrected chi connectivity index (χ4v) is 4.57. The fraction of sp³-hybridized carbons (Fsp3) is 0.231. The van der Waals surface area contributed by atoms with Crippen LogP contribution >= 0.6 is 27.3 Å². The zero-order chi connectivity index (χ0) is 22.3. The van der Waals surface area contributed by atoms with Gasteiger partial charge in [0.05, 0.1) is 18.1 Å². The van der Waals surface area contributed by atoms with Crippen LogP contribution in [0.5, 0.6) is 23.0 Å². The SMILES string of the molecule is CCCCOc1ccc2c(Oc3ccc(OCCBr)cc3)c(-c3ccc(F)cc3)sc2c1. The summed E-state index contributed by atoms with van der Waals surface area (Å²) in [5.41, 5.74) is 0.910. The van der Waals surface area contributed by atoms with Crippen LogP contribution in [0.1, 0.15) is 19.8 Å². The minimum absolute atomic E-state index is 0.261. The first-order chi connectivity index (χ1) is 15.7. The van der Waals surface area contributed by atoms with Gasteiger partial charge < -0.3 is 14.2 Å². The summed E-state index contributed by atoms with van der Waals surface area (Å²) >= 11 is 4.97. The molecule has 0 aliphatic heterocycles. The van der Waals surface area contributed by atoms with Gasteiger partial charge in [0.2, 0.25) is 0 Å². The van der Waals surface area contributed by atoms with Gasteiger partial charge in [-0.2, -0.15) is 0 Å². The van der Waals surface area contributed by atoms with Crippen LogP contribution in [0.15, 0.2) is 66.7 Å². The van der Waals surface area contributed by atoms with E-state index in [1.54, 1.807) is 23.5 Å². The second-order valence-corrected chi connectivity index (χ2v) is 9.08. The lowest BCUT2D eigenvalue weighted by atomic mass is 10.1. The van der Waals surface area contributed by atoms with Crippen LogP contribution in [0.2, 0.25) is 0 Å². The second-order valence-electron chi connectivity index (χ2n) is 7.24. The van der Waals surface area contributed by atoms with E-state index in [0.717, 1.165) is 55.9 Å². The van der Waals surface area contributed by atoms with Gasteiger partial charge in [0.15, 0.2) is 5.75 Å². The molecule has 3 nitrogen and oxygen atoms in total. The van der Waals surface area contributed by atoms with Crippen molar-refractivity contribution >= 4 is 37.4 Å². The highest BCUT2D eigenvalue weighted by atomic mass is 79.9. The van der Waals surface area contributed by atoms with Crippen molar-refractivity contribution in [2.75, 3.05) is 18.5 Å². The van der Waals surface area contributed by atoms with E-state index in [1.807, 2.05) is 42.5 Å². The quantitative estimate of drug-likeness (QED) is 0.157. The Morgan fingerprint density at radius 2 is 1.53 bits per heavy atom. The topological polar surface area (TPSA) is 27.7 Å². The molecule has 0 aliphatic rings. The molecule has 0 fully saturated rings. The Morgan fingerprint density at radius 3 is 2.25 bits per heavy atom. The number of alkyl halides is 1. The minimum atomic E-state index is -0.261. The van der Waals surface area contributed by atoms with Gasteiger partial charge in [0, 0.05) is 15.4 Å². The first-order valence-electron chi connectivity index (χ1n) is 10.6. The molecule has 32 heavy (non-hydrogen) atoms. The number of unbranched alkanes of at least 4 members (excludes halogenated alkanes) is 1. The molecule has 0 saturated heterocycles. The van der Waals surface area contributed by atoms with Gasteiger partial charge in [0.25, 0.3) is 0 Å². The van der Waals surface area contributed by atoms with Gasteiger partial charge in [-0.15, -0.1) is 11.3 Å². The Bertz CT molecular complexity index is 1160. The molecule has 0 N–H and O–H groups in total. The van der Waals surface area contributed by atoms with Crippen LogP contribution in [0.25, 0.3) is 20.5 Å². The molecule has 0 radical (unpaired) electrons. The number of hydrogen-bond acceptors (Lipinski definition) is 4. The average Bonchev–Trinajstić information content (AvgIpc) is 3.17. The largest absolute Gasteiger partial charge is 0.494 e. The van der Waals surface area contributed by atoms with Gasteiger partial charge in [-0.05, 0) is 66.6 Å². The minimum Gasteiger partial charge on any atom is -0.494 e. The molecule has 0 unspecified atom stereocenters. The zero-order valence-electron chi connectivity index (χ0n) is 17.8. The van der Waals surface area contributed by atoms with Crippen molar-refractivity contribution in [2.24, 2.45) is 0 Å². The monoisotopic (exact) mass is 514 g/mol. The smallest absolute Gasteiger partial charge is 0.153 e. The lowest BCUT2D eigenvalue weighted by Crippen LogP contribution is -1.97. The van der Waals surface area contributed by atoms with Crippen LogP contribution in [-0.2, 0) is 0 Å². The number of halogens is 2. The normalized spacial score (nSPS) is 11.0. The van der Waals surface area contributed by atoms with E-state index in [2.05, 4.69) is 22.9 Å². The maximum Gasteiger partial charge on any atom is 0.153 e. The molecule has 6 heteroatoms. The molecule has 0 spiro atoms. The molecular weight excluding hydrogens is 491 g/mol. The highest BCUT2D eigenvalue weighted by molar-refractivity contribution is 9.09. The first kappa shape index (κ1) is 22.6. The summed E-state index contributed by atoms with van der Waals surface area (Å²) in [5, 5.41) is 1.77. The third kappa shape index (κ3) is 5.43. The number of hydrogen-bond donors (Lipinski definition) is 0. The Kier molecular flexibility index (Phi) is 7.66. The summed E-state index contributed by atoms with van der Waals surface area (Å²) in [7, 11) is 0. The van der Waals surface area contributed by atoms with Crippen LogP contribution in [0.3, 0.4) is 0 Å². The molecular formula is C26H24BrFO3S. The van der Waals surface area contributed by atoms with Gasteiger partial charge in [-0.25, -0.2) is 4.39 Å². The van der Waals surface area contributed by atoms with E-state index in [-0.39, 0.29) is 5.82 Å². The summed E-state index contributed by atoms with van der Waals surface area (Å²) in [6.45, 7) is 3.45. The Labute approximate surface area is 199 Å². The van der Waals surface area contributed by atoms with Crippen molar-refractivity contribution in [1.29, 1.82) is 0 Å². The number of ether oxygens (including phenoxy) is 3. The van der Waals surface area contributed by atoms with Crippen molar-refractivity contribution < 1.29 is 18.6 Å². The summed E-state index contributed by atoms with van der Waals surface area (Å²) < 4.78 is 32.5. The third-order valence-electron chi connectivity index (χ3n) is 4.88. The Morgan fingerprint density at radius 1 is 0.844 bits per heavy atom. The van der Waals surface area contributed by atoms with Crippen molar-refractivity contribution in [2.45, 2.75) is 19.8 Å². The van der Waals surface area contributed by atoms with Crippen LogP contribution in [-0.4, -0.2) is 18.5 Å². The van der Waals surface area contributed by atoms with Crippen molar-refractivity contribution in [3.8, 4) is 33.4 Å². The molecule has 1 aromatic heterocycles. The Hall–Kier alpha value is -2.57. The van der Waals surface area contributed by atoms with E-state index >= 15 is 0 Å². The van der Waals surface area contributed by atoms with Crippen molar-refractivity contribution in [3.05, 3.63) is 72.5 Å². The molecule has 4 rings (SSSR count). The highest BCUT2D eigenvalue weighted by Gasteiger charge is 2.17. The maximum atomic E-state index is 13.5. The third-order valence-corrected chi connectivity index (χ3v) is 6.39. The summed E-state index contributed by atoms with van der Waals surface area (Å²) in [6, 6.07) is 20.1. The summed E-state index contributed by atoms with van der Waals surface area (Å²) in [6.07, 6.45) is 2.11. The van der Waals surface area contributed by atoms with E-state index in [4.69, 9.17) is 14.2 Å². The number of benzene rings is 3. The standard InChI is InChI=1S/C26H24BrFO3S/c1-2-3-15-29-22-12-13-23-24(17-22)32-26(18-4-6-19(28)7-5-18)25(23)31-21-10-8-20(9-11-21)30-16-14-27/h4-13,17H,2-3,14-16H2,1H3. The van der Waals surface area contributed by atoms with Crippen molar-refractivity contribution in [1.82, 2.24) is 0 Å². The molecule has 3 aromatic carbocycles. The van der Waals surface area contributed by atoms with E-state index < -0.39 is 0 Å². The molecule has 1 heterocycles. The van der Waals surface area contributed by atoms with E-state index in [1.165, 1.54) is 12.1 Å². The van der Waals surface area contributed by atoms with Crippen LogP contribution in [0.4, 0.5) is 4.39 Å². The molecule has 0 bridgehead atoms. The zero-order valence-corrected chi connectivity index (χ0v) is 20.2. The number of rotatable bonds is 10. The second kappa shape index (κ2) is 10.8. The molecule has 0 saturated carbocycles. The molecule has 0 atom stereocenters.